The highest BCUT2D eigenvalue weighted by atomic mass is 127. The van der Waals surface area contributed by atoms with Crippen LogP contribution in [0.3, 0.4) is 0 Å². The largest absolute Gasteiger partial charge is 0.280 e. The van der Waals surface area contributed by atoms with E-state index in [1.165, 1.54) is 6.20 Å². The monoisotopic (exact) mass is 317 g/mol. The van der Waals surface area contributed by atoms with E-state index in [0.717, 1.165) is 9.13 Å². The summed E-state index contributed by atoms with van der Waals surface area (Å²) in [5, 5.41) is 0. The molecule has 0 N–H and O–H groups in total. The van der Waals surface area contributed by atoms with Crippen LogP contribution in [0.25, 0.3) is 0 Å². The van der Waals surface area contributed by atoms with Crippen LogP contribution in [0.4, 0.5) is 8.78 Å². The van der Waals surface area contributed by atoms with Gasteiger partial charge in [0.2, 0.25) is 0 Å². The Morgan fingerprint density at radius 1 is 1.62 bits per heavy atom. The van der Waals surface area contributed by atoms with Crippen molar-refractivity contribution in [1.29, 1.82) is 0 Å². The van der Waals surface area contributed by atoms with E-state index in [9.17, 15) is 8.78 Å². The Hall–Kier alpha value is 0.0300. The Morgan fingerprint density at radius 2 is 2.23 bits per heavy atom. The zero-order valence-corrected chi connectivity index (χ0v) is 9.73. The van der Waals surface area contributed by atoms with Crippen molar-refractivity contribution >= 4 is 34.2 Å². The number of halogens is 4. The van der Waals surface area contributed by atoms with Crippen LogP contribution in [0, 0.1) is 10.5 Å². The third-order valence-corrected chi connectivity index (χ3v) is 2.98. The quantitative estimate of drug-likeness (QED) is 0.599. The lowest BCUT2D eigenvalue weighted by Gasteiger charge is -2.09. The van der Waals surface area contributed by atoms with Crippen molar-refractivity contribution in [3.05, 3.63) is 26.6 Å². The molecule has 1 heterocycles. The molecule has 0 radical (unpaired) electrons. The number of hydrogen-bond donors (Lipinski definition) is 0. The van der Waals surface area contributed by atoms with E-state index in [-0.39, 0.29) is 11.6 Å². The maximum atomic E-state index is 12.4. The van der Waals surface area contributed by atoms with E-state index in [0.29, 0.717) is 5.56 Å². The molecule has 0 aliphatic carbocycles. The third kappa shape index (κ3) is 2.28. The molecule has 0 saturated carbocycles. The van der Waals surface area contributed by atoms with Gasteiger partial charge < -0.3 is 0 Å². The molecule has 72 valence electrons. The van der Waals surface area contributed by atoms with Crippen LogP contribution in [-0.2, 0) is 5.88 Å². The molecule has 0 fully saturated rings. The van der Waals surface area contributed by atoms with Crippen LogP contribution in [-0.4, -0.2) is 4.98 Å². The molecule has 1 nitrogen and oxygen atoms in total. The van der Waals surface area contributed by atoms with E-state index >= 15 is 0 Å². The number of hydrogen-bond acceptors (Lipinski definition) is 1. The summed E-state index contributed by atoms with van der Waals surface area (Å²) < 4.78 is 25.6. The summed E-state index contributed by atoms with van der Waals surface area (Å²) in [6, 6.07) is 0. The molecule has 1 rings (SSSR count). The molecule has 1 aromatic rings. The summed E-state index contributed by atoms with van der Waals surface area (Å²) in [7, 11) is 0. The van der Waals surface area contributed by atoms with E-state index in [2.05, 4.69) is 4.98 Å². The number of rotatable bonds is 2. The molecule has 0 unspecified atom stereocenters. The summed E-state index contributed by atoms with van der Waals surface area (Å²) in [6.45, 7) is 1.62. The fourth-order valence-corrected chi connectivity index (χ4v) is 2.32. The maximum Gasteiger partial charge on any atom is 0.280 e. The molecule has 0 bridgehead atoms. The highest BCUT2D eigenvalue weighted by molar-refractivity contribution is 14.1. The summed E-state index contributed by atoms with van der Waals surface area (Å²) in [5.41, 5.74) is 1.07. The molecule has 5 heteroatoms. The van der Waals surface area contributed by atoms with Crippen molar-refractivity contribution in [3.8, 4) is 0 Å². The van der Waals surface area contributed by atoms with Gasteiger partial charge in [-0.15, -0.1) is 11.6 Å². The van der Waals surface area contributed by atoms with E-state index in [1.807, 2.05) is 22.6 Å². The van der Waals surface area contributed by atoms with Gasteiger partial charge in [0, 0.05) is 15.6 Å². The Bertz CT molecular complexity index is 317. The van der Waals surface area contributed by atoms with Gasteiger partial charge in [-0.1, -0.05) is 0 Å². The Morgan fingerprint density at radius 3 is 2.69 bits per heavy atom. The number of alkyl halides is 3. The lowest BCUT2D eigenvalue weighted by atomic mass is 10.1. The zero-order valence-electron chi connectivity index (χ0n) is 6.82. The Kier molecular flexibility index (Phi) is 3.85. The molecule has 0 saturated heterocycles. The van der Waals surface area contributed by atoms with Crippen molar-refractivity contribution in [2.24, 2.45) is 0 Å². The van der Waals surface area contributed by atoms with Crippen molar-refractivity contribution in [3.63, 3.8) is 0 Å². The second kappa shape index (κ2) is 4.50. The van der Waals surface area contributed by atoms with Crippen LogP contribution in [0.15, 0.2) is 6.20 Å². The van der Waals surface area contributed by atoms with Gasteiger partial charge in [0.25, 0.3) is 6.43 Å². The van der Waals surface area contributed by atoms with Gasteiger partial charge >= 0.3 is 0 Å². The number of pyridine rings is 1. The topological polar surface area (TPSA) is 12.9 Å². The fourth-order valence-electron chi connectivity index (χ4n) is 1.02. The van der Waals surface area contributed by atoms with Crippen LogP contribution in [0.2, 0.25) is 0 Å². The van der Waals surface area contributed by atoms with Crippen LogP contribution < -0.4 is 0 Å². The molecule has 0 aromatic carbocycles. The normalized spacial score (nSPS) is 10.9. The summed E-state index contributed by atoms with van der Waals surface area (Å²) in [4.78, 5) is 3.67. The lowest BCUT2D eigenvalue weighted by molar-refractivity contribution is 0.145. The highest BCUT2D eigenvalue weighted by Crippen LogP contribution is 2.26. The second-order valence-corrected chi connectivity index (χ2v) is 3.96. The molecule has 0 amide bonds. The van der Waals surface area contributed by atoms with Gasteiger partial charge in [-0.25, -0.2) is 8.78 Å². The van der Waals surface area contributed by atoms with Crippen molar-refractivity contribution in [1.82, 2.24) is 4.98 Å². The van der Waals surface area contributed by atoms with Crippen molar-refractivity contribution in [2.45, 2.75) is 19.2 Å². The Balaban J connectivity index is 3.27. The van der Waals surface area contributed by atoms with Gasteiger partial charge in [-0.2, -0.15) is 0 Å². The van der Waals surface area contributed by atoms with Gasteiger partial charge in [0.1, 0.15) is 5.69 Å². The predicted octanol–water partition coefficient (Wildman–Crippen LogP) is 3.67. The van der Waals surface area contributed by atoms with Gasteiger partial charge in [0.05, 0.1) is 0 Å². The first-order valence-corrected chi connectivity index (χ1v) is 5.17. The van der Waals surface area contributed by atoms with Gasteiger partial charge in [-0.3, -0.25) is 4.98 Å². The standard InChI is InChI=1S/C8H7ClF2IN/c1-4-5(2-9)6(12)3-13-7(4)8(10)11/h3,8H,2H2,1H3. The average molecular weight is 318 g/mol. The van der Waals surface area contributed by atoms with E-state index in [1.54, 1.807) is 6.92 Å². The predicted molar refractivity (Wildman–Crippen MR) is 56.2 cm³/mol. The number of aromatic nitrogens is 1. The first-order chi connectivity index (χ1) is 6.07. The van der Waals surface area contributed by atoms with Crippen LogP contribution in [0.5, 0.6) is 0 Å². The summed E-state index contributed by atoms with van der Waals surface area (Å²) >= 11 is 7.67. The molecule has 13 heavy (non-hydrogen) atoms. The second-order valence-electron chi connectivity index (χ2n) is 2.53. The SMILES string of the molecule is Cc1c(C(F)F)ncc(I)c1CCl. The molecule has 0 aliphatic rings. The summed E-state index contributed by atoms with van der Waals surface area (Å²) in [6.07, 6.45) is -1.11. The number of nitrogens with zero attached hydrogens (tertiary/aromatic N) is 1. The first kappa shape index (κ1) is 11.1. The van der Waals surface area contributed by atoms with Crippen molar-refractivity contribution in [2.75, 3.05) is 0 Å². The van der Waals surface area contributed by atoms with Gasteiger partial charge in [0.15, 0.2) is 0 Å². The van der Waals surface area contributed by atoms with Crippen LogP contribution >= 0.6 is 34.2 Å². The first-order valence-electron chi connectivity index (χ1n) is 3.56. The van der Waals surface area contributed by atoms with Gasteiger partial charge in [-0.05, 0) is 40.6 Å². The van der Waals surface area contributed by atoms with Crippen LogP contribution in [0.1, 0.15) is 23.2 Å². The fraction of sp³-hybridized carbons (Fsp3) is 0.375. The van der Waals surface area contributed by atoms with Crippen molar-refractivity contribution < 1.29 is 8.78 Å². The van der Waals surface area contributed by atoms with E-state index in [4.69, 9.17) is 11.6 Å². The molecule has 1 aromatic heterocycles. The molecular formula is C8H7ClF2IN. The zero-order chi connectivity index (χ0) is 10.0. The molecule has 0 aliphatic heterocycles. The highest BCUT2D eigenvalue weighted by Gasteiger charge is 2.16. The molecule has 0 atom stereocenters. The minimum absolute atomic E-state index is 0.170. The Labute approximate surface area is 93.6 Å². The minimum atomic E-state index is -2.53. The minimum Gasteiger partial charge on any atom is -0.254 e. The average Bonchev–Trinajstić information content (AvgIpc) is 2.04. The molecular weight excluding hydrogens is 310 g/mol. The molecule has 0 spiro atoms. The third-order valence-electron chi connectivity index (χ3n) is 1.78. The van der Waals surface area contributed by atoms with E-state index < -0.39 is 6.43 Å². The smallest absolute Gasteiger partial charge is 0.254 e. The maximum absolute atomic E-state index is 12.4. The summed E-state index contributed by atoms with van der Waals surface area (Å²) in [5.74, 6) is 0.242. The lowest BCUT2D eigenvalue weighted by Crippen LogP contribution is -2.00.